The van der Waals surface area contributed by atoms with Gasteiger partial charge in [0.1, 0.15) is 5.54 Å². The highest BCUT2D eigenvalue weighted by Gasteiger charge is 2.43. The summed E-state index contributed by atoms with van der Waals surface area (Å²) >= 11 is 0. The predicted octanol–water partition coefficient (Wildman–Crippen LogP) is 2.32. The van der Waals surface area contributed by atoms with Gasteiger partial charge in [0.15, 0.2) is 5.65 Å². The van der Waals surface area contributed by atoms with E-state index >= 15 is 0 Å². The van der Waals surface area contributed by atoms with Gasteiger partial charge in [-0.25, -0.2) is 14.5 Å². The molecule has 4 rings (SSSR count). The zero-order valence-electron chi connectivity index (χ0n) is 16.2. The van der Waals surface area contributed by atoms with Crippen LogP contribution in [0.4, 0.5) is 10.5 Å². The third-order valence-corrected chi connectivity index (χ3v) is 4.93. The molecule has 1 saturated heterocycles. The van der Waals surface area contributed by atoms with E-state index in [2.05, 4.69) is 26.0 Å². The minimum absolute atomic E-state index is 0.164. The molecule has 3 aromatic rings. The first-order valence-electron chi connectivity index (χ1n) is 9.16. The van der Waals surface area contributed by atoms with Crippen LogP contribution in [0.25, 0.3) is 11.0 Å². The highest BCUT2D eigenvalue weighted by Crippen LogP contribution is 2.27. The second-order valence-corrected chi connectivity index (χ2v) is 7.39. The summed E-state index contributed by atoms with van der Waals surface area (Å²) in [5.41, 5.74) is 0.980. The molecule has 9 heteroatoms. The standard InChI is InChI=1S/C20H20N6O3/c1-11(2)26-16-12(10-22-26)7-13(9-21-16)17(27)23-15-6-4-5-14(8-15)20(3)18(28)24-19(29)25-20/h4-11H,1-3H3,(H,23,27)(H2,24,25,28,29)/t20-/m0/s1. The van der Waals surface area contributed by atoms with Crippen LogP contribution in [0.3, 0.4) is 0 Å². The number of pyridine rings is 1. The Bertz CT molecular complexity index is 1150. The number of urea groups is 1. The summed E-state index contributed by atoms with van der Waals surface area (Å²) in [5.74, 6) is -0.776. The fourth-order valence-corrected chi connectivity index (χ4v) is 3.30. The van der Waals surface area contributed by atoms with Crippen molar-refractivity contribution in [2.24, 2.45) is 0 Å². The van der Waals surface area contributed by atoms with Gasteiger partial charge in [0.2, 0.25) is 0 Å². The number of nitrogens with zero attached hydrogens (tertiary/aromatic N) is 3. The van der Waals surface area contributed by atoms with Crippen molar-refractivity contribution in [3.63, 3.8) is 0 Å². The zero-order chi connectivity index (χ0) is 20.8. The number of benzene rings is 1. The molecule has 0 bridgehead atoms. The van der Waals surface area contributed by atoms with Gasteiger partial charge < -0.3 is 10.6 Å². The Balaban J connectivity index is 1.58. The number of carbonyl (C=O) groups is 3. The van der Waals surface area contributed by atoms with E-state index in [-0.39, 0.29) is 11.9 Å². The first-order valence-corrected chi connectivity index (χ1v) is 9.16. The van der Waals surface area contributed by atoms with Crippen LogP contribution in [0.1, 0.15) is 42.7 Å². The van der Waals surface area contributed by atoms with Gasteiger partial charge in [-0.05, 0) is 44.5 Å². The van der Waals surface area contributed by atoms with Crippen molar-refractivity contribution >= 4 is 34.6 Å². The Labute approximate surface area is 166 Å². The van der Waals surface area contributed by atoms with E-state index in [0.29, 0.717) is 16.8 Å². The molecule has 1 aliphatic rings. The number of anilines is 1. The van der Waals surface area contributed by atoms with Crippen LogP contribution in [0.15, 0.2) is 42.7 Å². The molecule has 9 nitrogen and oxygen atoms in total. The fourth-order valence-electron chi connectivity index (χ4n) is 3.30. The van der Waals surface area contributed by atoms with E-state index < -0.39 is 17.5 Å². The molecule has 29 heavy (non-hydrogen) atoms. The maximum absolute atomic E-state index is 12.7. The molecule has 0 radical (unpaired) electrons. The lowest BCUT2D eigenvalue weighted by molar-refractivity contribution is -0.123. The summed E-state index contributed by atoms with van der Waals surface area (Å²) in [6.45, 7) is 5.63. The van der Waals surface area contributed by atoms with Crippen LogP contribution in [-0.4, -0.2) is 32.6 Å². The van der Waals surface area contributed by atoms with Crippen molar-refractivity contribution in [2.45, 2.75) is 32.4 Å². The molecule has 1 atom stereocenters. The molecule has 1 aliphatic heterocycles. The van der Waals surface area contributed by atoms with E-state index in [4.69, 9.17) is 0 Å². The van der Waals surface area contributed by atoms with Crippen molar-refractivity contribution in [1.82, 2.24) is 25.4 Å². The van der Waals surface area contributed by atoms with Crippen molar-refractivity contribution in [3.05, 3.63) is 53.9 Å². The number of hydrogen-bond acceptors (Lipinski definition) is 5. The Morgan fingerprint density at radius 3 is 2.69 bits per heavy atom. The lowest BCUT2D eigenvalue weighted by atomic mass is 9.92. The van der Waals surface area contributed by atoms with E-state index in [1.165, 1.54) is 6.20 Å². The topological polar surface area (TPSA) is 118 Å². The third-order valence-electron chi connectivity index (χ3n) is 4.93. The highest BCUT2D eigenvalue weighted by molar-refractivity contribution is 6.08. The number of aromatic nitrogens is 3. The summed E-state index contributed by atoms with van der Waals surface area (Å²) in [4.78, 5) is 40.7. The van der Waals surface area contributed by atoms with Crippen molar-refractivity contribution in [1.29, 1.82) is 0 Å². The van der Waals surface area contributed by atoms with Gasteiger partial charge in [-0.1, -0.05) is 12.1 Å². The summed E-state index contributed by atoms with van der Waals surface area (Å²) < 4.78 is 1.79. The monoisotopic (exact) mass is 392 g/mol. The smallest absolute Gasteiger partial charge is 0.322 e. The zero-order valence-corrected chi connectivity index (χ0v) is 16.2. The molecule has 0 spiro atoms. The molecule has 1 fully saturated rings. The van der Waals surface area contributed by atoms with Crippen LogP contribution in [0.5, 0.6) is 0 Å². The number of rotatable bonds is 4. The molecule has 1 aromatic carbocycles. The first kappa shape index (κ1) is 18.6. The minimum Gasteiger partial charge on any atom is -0.322 e. The molecule has 4 amide bonds. The second-order valence-electron chi connectivity index (χ2n) is 7.39. The fraction of sp³-hybridized carbons (Fsp3) is 0.250. The van der Waals surface area contributed by atoms with Gasteiger partial charge in [0.25, 0.3) is 11.8 Å². The van der Waals surface area contributed by atoms with E-state index in [0.717, 1.165) is 11.0 Å². The van der Waals surface area contributed by atoms with Crippen molar-refractivity contribution < 1.29 is 14.4 Å². The van der Waals surface area contributed by atoms with Crippen LogP contribution in [-0.2, 0) is 10.3 Å². The lowest BCUT2D eigenvalue weighted by Gasteiger charge is -2.21. The van der Waals surface area contributed by atoms with Gasteiger partial charge in [0, 0.05) is 23.3 Å². The molecule has 3 heterocycles. The molecule has 0 aliphatic carbocycles. The van der Waals surface area contributed by atoms with Crippen LogP contribution in [0, 0.1) is 0 Å². The summed E-state index contributed by atoms with van der Waals surface area (Å²) in [6, 6.07) is 8.15. The van der Waals surface area contributed by atoms with E-state index in [9.17, 15) is 14.4 Å². The van der Waals surface area contributed by atoms with Gasteiger partial charge in [-0.2, -0.15) is 5.10 Å². The normalized spacial score (nSPS) is 18.8. The molecule has 2 aromatic heterocycles. The maximum atomic E-state index is 12.7. The van der Waals surface area contributed by atoms with Gasteiger partial charge in [0.05, 0.1) is 11.8 Å². The Hall–Kier alpha value is -3.75. The Morgan fingerprint density at radius 1 is 1.21 bits per heavy atom. The summed E-state index contributed by atoms with van der Waals surface area (Å²) in [6.07, 6.45) is 3.19. The van der Waals surface area contributed by atoms with Gasteiger partial charge in [-0.3, -0.25) is 14.9 Å². The van der Waals surface area contributed by atoms with Gasteiger partial charge in [-0.15, -0.1) is 0 Å². The predicted molar refractivity (Wildman–Crippen MR) is 106 cm³/mol. The Morgan fingerprint density at radius 2 is 2.00 bits per heavy atom. The minimum atomic E-state index is -1.19. The number of hydrogen-bond donors (Lipinski definition) is 3. The summed E-state index contributed by atoms with van der Waals surface area (Å²) in [5, 5.41) is 12.7. The molecular weight excluding hydrogens is 372 g/mol. The quantitative estimate of drug-likeness (QED) is 0.589. The third kappa shape index (κ3) is 3.20. The first-order chi connectivity index (χ1) is 13.8. The summed E-state index contributed by atoms with van der Waals surface area (Å²) in [7, 11) is 0. The maximum Gasteiger partial charge on any atom is 0.322 e. The molecular formula is C20H20N6O3. The number of amides is 4. The number of carbonyl (C=O) groups excluding carboxylic acids is 3. The molecule has 0 saturated carbocycles. The number of imide groups is 1. The SMILES string of the molecule is CC(C)n1ncc2cc(C(=O)Nc3cccc([C@]4(C)NC(=O)NC4=O)c3)cnc21. The molecule has 148 valence electrons. The van der Waals surface area contributed by atoms with Crippen LogP contribution < -0.4 is 16.0 Å². The molecule has 0 unspecified atom stereocenters. The molecule has 3 N–H and O–H groups in total. The number of nitrogens with one attached hydrogen (secondary N) is 3. The van der Waals surface area contributed by atoms with Gasteiger partial charge >= 0.3 is 6.03 Å². The van der Waals surface area contributed by atoms with Crippen molar-refractivity contribution in [3.8, 4) is 0 Å². The van der Waals surface area contributed by atoms with Crippen molar-refractivity contribution in [2.75, 3.05) is 5.32 Å². The van der Waals surface area contributed by atoms with Crippen LogP contribution >= 0.6 is 0 Å². The average Bonchev–Trinajstić information content (AvgIpc) is 3.22. The number of fused-ring (bicyclic) bond motifs is 1. The lowest BCUT2D eigenvalue weighted by Crippen LogP contribution is -2.40. The largest absolute Gasteiger partial charge is 0.322 e. The van der Waals surface area contributed by atoms with E-state index in [1.807, 2.05) is 13.8 Å². The van der Waals surface area contributed by atoms with Crippen LogP contribution in [0.2, 0.25) is 0 Å². The average molecular weight is 392 g/mol. The van der Waals surface area contributed by atoms with E-state index in [1.54, 1.807) is 48.1 Å². The second kappa shape index (κ2) is 6.69. The highest BCUT2D eigenvalue weighted by atomic mass is 16.2. The Kier molecular flexibility index (Phi) is 4.30.